The quantitative estimate of drug-likeness (QED) is 0.314. The molecule has 4 bridgehead atoms. The van der Waals surface area contributed by atoms with Crippen LogP contribution >= 0.6 is 11.8 Å². The van der Waals surface area contributed by atoms with Crippen molar-refractivity contribution in [2.24, 2.45) is 0 Å². The summed E-state index contributed by atoms with van der Waals surface area (Å²) in [5.41, 5.74) is 5.80. The minimum absolute atomic E-state index is 0.0189. The van der Waals surface area contributed by atoms with Crippen LogP contribution in [0.1, 0.15) is 75.2 Å². The van der Waals surface area contributed by atoms with Crippen LogP contribution in [0, 0.1) is 25.2 Å². The van der Waals surface area contributed by atoms with E-state index < -0.39 is 23.6 Å². The number of rotatable bonds is 4. The molecule has 3 aromatic carbocycles. The number of ether oxygens (including phenoxy) is 5. The van der Waals surface area contributed by atoms with E-state index in [1.165, 1.54) is 7.11 Å². The smallest absolute Gasteiger partial charge is 0.331 e. The maximum atomic E-state index is 14.7. The second-order valence-corrected chi connectivity index (χ2v) is 16.2. The van der Waals surface area contributed by atoms with E-state index in [2.05, 4.69) is 41.2 Å². The first-order chi connectivity index (χ1) is 25.6. The lowest BCUT2D eigenvalue weighted by Crippen LogP contribution is -2.69. The van der Waals surface area contributed by atoms with E-state index in [4.69, 9.17) is 23.7 Å². The highest BCUT2D eigenvalue weighted by atomic mass is 32.2. The highest BCUT2D eigenvalue weighted by Gasteiger charge is 2.61. The van der Waals surface area contributed by atoms with Gasteiger partial charge in [0.15, 0.2) is 28.5 Å². The number of nitriles is 1. The van der Waals surface area contributed by atoms with Gasteiger partial charge >= 0.3 is 5.97 Å². The molecular weight excluding hydrogens is 697 g/mol. The number of piperazine rings is 1. The number of carbonyl (C=O) groups excluding carboxylic acids is 1. The lowest BCUT2D eigenvalue weighted by molar-refractivity contribution is -0.157. The molecule has 13 heteroatoms. The highest BCUT2D eigenvalue weighted by Crippen LogP contribution is 2.64. The standard InChI is InChI=1S/C40H44N4O8S/c1-6-9-49-35-20(3)36-37(52-18-51-36)31-26-16-50-39(47)40(23-14-29(48-5)27(45)13-21(23)7-8-42-40)17-53-38(32(31)35)34-33-30-22(10-19(2)11-28(30)46)12-24(43(33)4)25(15-41)44(26)34/h10-11,13-14,24-26,33-34,38,42,45-46H,6-9,12,16-18H2,1-5H3/t24-,25+,26-,33-,34?,38-,40-/m1/s1. The fraction of sp³-hybridized carbons (Fsp3) is 0.500. The zero-order valence-electron chi connectivity index (χ0n) is 30.5. The second-order valence-electron chi connectivity index (χ2n) is 15.1. The van der Waals surface area contributed by atoms with Crippen molar-refractivity contribution < 1.29 is 38.7 Å². The summed E-state index contributed by atoms with van der Waals surface area (Å²) >= 11 is 1.62. The van der Waals surface area contributed by atoms with Gasteiger partial charge in [0.1, 0.15) is 24.1 Å². The van der Waals surface area contributed by atoms with Gasteiger partial charge in [-0.05, 0) is 80.6 Å². The van der Waals surface area contributed by atoms with Gasteiger partial charge in [0.2, 0.25) is 6.79 Å². The number of benzene rings is 3. The zero-order valence-corrected chi connectivity index (χ0v) is 31.3. The molecule has 53 heavy (non-hydrogen) atoms. The largest absolute Gasteiger partial charge is 0.508 e. The molecule has 0 aliphatic carbocycles. The van der Waals surface area contributed by atoms with Gasteiger partial charge in [0.25, 0.3) is 0 Å². The molecule has 3 N–H and O–H groups in total. The zero-order chi connectivity index (χ0) is 36.9. The summed E-state index contributed by atoms with van der Waals surface area (Å²) < 4.78 is 31.1. The first-order valence-corrected chi connectivity index (χ1v) is 19.4. The van der Waals surface area contributed by atoms with Gasteiger partial charge in [0, 0.05) is 46.6 Å². The molecule has 278 valence electrons. The molecule has 2 fully saturated rings. The molecule has 0 amide bonds. The fourth-order valence-corrected chi connectivity index (χ4v) is 11.7. The molecule has 10 rings (SSSR count). The second kappa shape index (κ2) is 12.6. The third-order valence-corrected chi connectivity index (χ3v) is 13.7. The van der Waals surface area contributed by atoms with Gasteiger partial charge in [-0.3, -0.25) is 15.1 Å². The van der Waals surface area contributed by atoms with Gasteiger partial charge in [-0.25, -0.2) is 4.79 Å². The number of esters is 1. The minimum atomic E-state index is -1.26. The molecule has 7 aliphatic heterocycles. The van der Waals surface area contributed by atoms with Crippen molar-refractivity contribution in [3.63, 3.8) is 0 Å². The van der Waals surface area contributed by atoms with E-state index in [1.54, 1.807) is 23.9 Å². The number of nitrogens with zero attached hydrogens (tertiary/aromatic N) is 3. The number of hydrogen-bond acceptors (Lipinski definition) is 13. The minimum Gasteiger partial charge on any atom is -0.508 e. The third kappa shape index (κ3) is 4.81. The SMILES string of the molecule is CCCOc1c(C)c2c(c3c1[C@H]1SC[C@]4(NCCc5cc(O)c(OC)cc54)C(=O)OC[C@H]3N3C1[C@H]1c4c(O)cc(C)cc4C[C@H]([C@@H]3C#N)N1C)OCO2. The normalized spacial score (nSPS) is 29.7. The predicted octanol–water partition coefficient (Wildman–Crippen LogP) is 4.84. The molecule has 12 nitrogen and oxygen atoms in total. The number of aryl methyl sites for hydroxylation is 1. The van der Waals surface area contributed by atoms with Gasteiger partial charge in [-0.1, -0.05) is 13.0 Å². The molecule has 2 saturated heterocycles. The molecule has 7 atom stereocenters. The molecular formula is C40H44N4O8S. The molecule has 1 unspecified atom stereocenters. The van der Waals surface area contributed by atoms with Crippen LogP contribution < -0.4 is 24.3 Å². The van der Waals surface area contributed by atoms with Crippen LogP contribution in [0.25, 0.3) is 0 Å². The Kier molecular flexibility index (Phi) is 8.20. The van der Waals surface area contributed by atoms with Crippen molar-refractivity contribution in [1.29, 1.82) is 5.26 Å². The van der Waals surface area contributed by atoms with Crippen molar-refractivity contribution in [2.75, 3.05) is 46.5 Å². The molecule has 7 heterocycles. The van der Waals surface area contributed by atoms with Gasteiger partial charge < -0.3 is 33.9 Å². The van der Waals surface area contributed by atoms with Crippen molar-refractivity contribution >= 4 is 17.7 Å². The van der Waals surface area contributed by atoms with E-state index in [1.807, 2.05) is 19.9 Å². The molecule has 1 spiro atoms. The topological polar surface area (TPSA) is 146 Å². The van der Waals surface area contributed by atoms with Crippen molar-refractivity contribution in [2.45, 2.75) is 81.0 Å². The van der Waals surface area contributed by atoms with Crippen LogP contribution in [0.2, 0.25) is 0 Å². The predicted molar refractivity (Wildman–Crippen MR) is 196 cm³/mol. The first-order valence-electron chi connectivity index (χ1n) is 18.4. The number of methoxy groups -OCH3 is 1. The van der Waals surface area contributed by atoms with Crippen molar-refractivity contribution in [3.05, 3.63) is 68.8 Å². The van der Waals surface area contributed by atoms with E-state index >= 15 is 0 Å². The number of phenols is 2. The van der Waals surface area contributed by atoms with Crippen LogP contribution in [0.5, 0.6) is 34.5 Å². The number of nitrogens with one attached hydrogen (secondary N) is 1. The Hall–Kier alpha value is -4.35. The van der Waals surface area contributed by atoms with Crippen LogP contribution in [0.15, 0.2) is 24.3 Å². The number of hydrogen-bond donors (Lipinski definition) is 3. The van der Waals surface area contributed by atoms with E-state index in [9.17, 15) is 20.3 Å². The maximum Gasteiger partial charge on any atom is 0.331 e. The average Bonchev–Trinajstić information content (AvgIpc) is 3.63. The summed E-state index contributed by atoms with van der Waals surface area (Å²) in [5.74, 6) is 2.29. The van der Waals surface area contributed by atoms with Crippen LogP contribution in [0.3, 0.4) is 0 Å². The monoisotopic (exact) mass is 740 g/mol. The highest BCUT2D eigenvalue weighted by molar-refractivity contribution is 7.99. The summed E-state index contributed by atoms with van der Waals surface area (Å²) in [6.45, 7) is 7.02. The number of aromatic hydroxyl groups is 2. The summed E-state index contributed by atoms with van der Waals surface area (Å²) in [6.07, 6.45) is 1.99. The Labute approximate surface area is 312 Å². The number of carbonyl (C=O) groups is 1. The molecule has 0 saturated carbocycles. The number of fused-ring (bicyclic) bond motifs is 9. The van der Waals surface area contributed by atoms with Crippen LogP contribution in [-0.4, -0.2) is 90.6 Å². The Morgan fingerprint density at radius 2 is 1.89 bits per heavy atom. The number of phenolic OH excluding ortho intramolecular Hbond substituents is 2. The lowest BCUT2D eigenvalue weighted by Gasteiger charge is -2.62. The Bertz CT molecular complexity index is 2090. The Balaban J connectivity index is 1.32. The lowest BCUT2D eigenvalue weighted by atomic mass is 9.71. The van der Waals surface area contributed by atoms with E-state index in [0.29, 0.717) is 43.1 Å². The summed E-state index contributed by atoms with van der Waals surface area (Å²) in [5, 5.41) is 36.8. The fourth-order valence-electron chi connectivity index (χ4n) is 10.0. The maximum absolute atomic E-state index is 14.7. The van der Waals surface area contributed by atoms with Crippen molar-refractivity contribution in [3.8, 4) is 40.6 Å². The van der Waals surface area contributed by atoms with Gasteiger partial charge in [-0.2, -0.15) is 5.26 Å². The molecule has 0 radical (unpaired) electrons. The average molecular weight is 741 g/mol. The number of thioether (sulfide) groups is 1. The molecule has 3 aromatic rings. The summed E-state index contributed by atoms with van der Waals surface area (Å²) in [6, 6.07) is 8.09. The summed E-state index contributed by atoms with van der Waals surface area (Å²) in [4.78, 5) is 19.3. The number of likely N-dealkylation sites (N-methyl/N-ethyl adjacent to an activating group) is 1. The molecule has 7 aliphatic rings. The van der Waals surface area contributed by atoms with Crippen LogP contribution in [-0.2, 0) is 27.9 Å². The third-order valence-electron chi connectivity index (χ3n) is 12.3. The van der Waals surface area contributed by atoms with Crippen molar-refractivity contribution in [1.82, 2.24) is 15.1 Å². The van der Waals surface area contributed by atoms with Gasteiger partial charge in [-0.15, -0.1) is 11.8 Å². The first kappa shape index (κ1) is 34.4. The van der Waals surface area contributed by atoms with Gasteiger partial charge in [0.05, 0.1) is 37.1 Å². The Morgan fingerprint density at radius 3 is 2.66 bits per heavy atom. The van der Waals surface area contributed by atoms with E-state index in [-0.39, 0.29) is 59.8 Å². The van der Waals surface area contributed by atoms with Crippen LogP contribution in [0.4, 0.5) is 0 Å². The Morgan fingerprint density at radius 1 is 1.08 bits per heavy atom. The van der Waals surface area contributed by atoms with E-state index in [0.717, 1.165) is 51.1 Å². The molecule has 0 aromatic heterocycles. The summed E-state index contributed by atoms with van der Waals surface area (Å²) in [7, 11) is 3.56.